The molecule has 116 valence electrons. The van der Waals surface area contributed by atoms with Crippen molar-refractivity contribution in [1.29, 1.82) is 0 Å². The molecule has 0 radical (unpaired) electrons. The molecule has 0 bridgehead atoms. The Morgan fingerprint density at radius 2 is 2.10 bits per heavy atom. The molecule has 0 aliphatic carbocycles. The van der Waals surface area contributed by atoms with Crippen LogP contribution in [0.15, 0.2) is 15.6 Å². The number of guanidine groups is 1. The first-order valence-corrected chi connectivity index (χ1v) is 7.15. The molecule has 0 unspecified atom stereocenters. The summed E-state index contributed by atoms with van der Waals surface area (Å²) < 4.78 is 5.27. The highest BCUT2D eigenvalue weighted by molar-refractivity contribution is 14.0. The first-order valence-electron chi connectivity index (χ1n) is 7.15. The molecule has 0 aromatic carbocycles. The SMILES string of the molecule is CCCCNC(=NCc1cc(C(C)C)no1)NCC.I. The van der Waals surface area contributed by atoms with E-state index in [1.165, 1.54) is 6.42 Å². The van der Waals surface area contributed by atoms with Crippen molar-refractivity contribution >= 4 is 29.9 Å². The molecule has 0 saturated heterocycles. The van der Waals surface area contributed by atoms with Gasteiger partial charge in [0.05, 0.1) is 5.69 Å². The fourth-order valence-electron chi connectivity index (χ4n) is 1.56. The maximum Gasteiger partial charge on any atom is 0.191 e. The van der Waals surface area contributed by atoms with Crippen LogP contribution in [-0.4, -0.2) is 24.2 Å². The van der Waals surface area contributed by atoms with Gasteiger partial charge in [-0.25, -0.2) is 4.99 Å². The minimum absolute atomic E-state index is 0. The van der Waals surface area contributed by atoms with Crippen molar-refractivity contribution in [3.8, 4) is 0 Å². The van der Waals surface area contributed by atoms with Gasteiger partial charge < -0.3 is 15.2 Å². The van der Waals surface area contributed by atoms with Crippen LogP contribution in [0.5, 0.6) is 0 Å². The van der Waals surface area contributed by atoms with Gasteiger partial charge in [-0.3, -0.25) is 0 Å². The van der Waals surface area contributed by atoms with Crippen LogP contribution in [0.2, 0.25) is 0 Å². The topological polar surface area (TPSA) is 62.5 Å². The van der Waals surface area contributed by atoms with E-state index in [1.54, 1.807) is 0 Å². The molecule has 0 fully saturated rings. The van der Waals surface area contributed by atoms with Crippen LogP contribution in [0.1, 0.15) is 57.9 Å². The van der Waals surface area contributed by atoms with E-state index in [9.17, 15) is 0 Å². The molecule has 1 rings (SSSR count). The second kappa shape index (κ2) is 10.9. The summed E-state index contributed by atoms with van der Waals surface area (Å²) in [6, 6.07) is 1.98. The third-order valence-electron chi connectivity index (χ3n) is 2.73. The second-order valence-electron chi connectivity index (χ2n) is 4.85. The van der Waals surface area contributed by atoms with E-state index in [0.29, 0.717) is 12.5 Å². The van der Waals surface area contributed by atoms with E-state index in [4.69, 9.17) is 4.52 Å². The summed E-state index contributed by atoms with van der Waals surface area (Å²) in [6.07, 6.45) is 2.32. The standard InChI is InChI=1S/C14H26N4O.HI/c1-5-7-8-16-14(15-6-2)17-10-12-9-13(11(3)4)18-19-12;/h9,11H,5-8,10H2,1-4H3,(H2,15,16,17);1H. The second-order valence-corrected chi connectivity index (χ2v) is 4.85. The minimum Gasteiger partial charge on any atom is -0.359 e. The van der Waals surface area contributed by atoms with Gasteiger partial charge in [-0.05, 0) is 19.3 Å². The minimum atomic E-state index is 0. The van der Waals surface area contributed by atoms with Crippen LogP contribution >= 0.6 is 24.0 Å². The van der Waals surface area contributed by atoms with Crippen LogP contribution in [0.4, 0.5) is 0 Å². The fraction of sp³-hybridized carbons (Fsp3) is 0.714. The van der Waals surface area contributed by atoms with Gasteiger partial charge in [0, 0.05) is 19.2 Å². The van der Waals surface area contributed by atoms with Crippen molar-refractivity contribution < 1.29 is 4.52 Å². The zero-order chi connectivity index (χ0) is 14.1. The van der Waals surface area contributed by atoms with Crippen molar-refractivity contribution in [3.05, 3.63) is 17.5 Å². The first kappa shape index (κ1) is 19.2. The molecule has 20 heavy (non-hydrogen) atoms. The molecular formula is C14H27IN4O. The van der Waals surface area contributed by atoms with Crippen LogP contribution in [0, 0.1) is 0 Å². The molecule has 0 aliphatic heterocycles. The van der Waals surface area contributed by atoms with Crippen LogP contribution < -0.4 is 10.6 Å². The van der Waals surface area contributed by atoms with E-state index in [2.05, 4.69) is 48.5 Å². The van der Waals surface area contributed by atoms with Gasteiger partial charge in [0.2, 0.25) is 0 Å². The smallest absolute Gasteiger partial charge is 0.191 e. The van der Waals surface area contributed by atoms with Crippen molar-refractivity contribution in [3.63, 3.8) is 0 Å². The highest BCUT2D eigenvalue weighted by Gasteiger charge is 2.07. The van der Waals surface area contributed by atoms with Gasteiger partial charge in [-0.2, -0.15) is 0 Å². The lowest BCUT2D eigenvalue weighted by molar-refractivity contribution is 0.376. The van der Waals surface area contributed by atoms with Crippen LogP contribution in [-0.2, 0) is 6.54 Å². The highest BCUT2D eigenvalue weighted by atomic mass is 127. The Bertz CT molecular complexity index is 390. The van der Waals surface area contributed by atoms with Crippen molar-refractivity contribution in [2.24, 2.45) is 4.99 Å². The predicted molar refractivity (Wildman–Crippen MR) is 93.7 cm³/mol. The normalized spacial score (nSPS) is 11.3. The first-order chi connectivity index (χ1) is 9.17. The largest absolute Gasteiger partial charge is 0.359 e. The van der Waals surface area contributed by atoms with Gasteiger partial charge >= 0.3 is 0 Å². The van der Waals surface area contributed by atoms with Crippen LogP contribution in [0.3, 0.4) is 0 Å². The Morgan fingerprint density at radius 1 is 1.35 bits per heavy atom. The quantitative estimate of drug-likeness (QED) is 0.323. The number of aromatic nitrogens is 1. The maximum absolute atomic E-state index is 5.27. The number of rotatable bonds is 7. The summed E-state index contributed by atoms with van der Waals surface area (Å²) in [4.78, 5) is 4.49. The lowest BCUT2D eigenvalue weighted by atomic mass is 10.1. The van der Waals surface area contributed by atoms with Gasteiger partial charge in [0.1, 0.15) is 6.54 Å². The Kier molecular flexibility index (Phi) is 10.5. The van der Waals surface area contributed by atoms with E-state index in [0.717, 1.165) is 36.9 Å². The van der Waals surface area contributed by atoms with Crippen molar-refractivity contribution in [2.45, 2.75) is 53.0 Å². The van der Waals surface area contributed by atoms with Gasteiger partial charge in [-0.15, -0.1) is 24.0 Å². The molecule has 2 N–H and O–H groups in total. The Morgan fingerprint density at radius 3 is 2.65 bits per heavy atom. The molecule has 0 aliphatic rings. The fourth-order valence-corrected chi connectivity index (χ4v) is 1.56. The molecule has 0 saturated carbocycles. The van der Waals surface area contributed by atoms with E-state index in [-0.39, 0.29) is 24.0 Å². The van der Waals surface area contributed by atoms with Gasteiger partial charge in [-0.1, -0.05) is 32.3 Å². The number of nitrogens with zero attached hydrogens (tertiary/aromatic N) is 2. The van der Waals surface area contributed by atoms with E-state index >= 15 is 0 Å². The van der Waals surface area contributed by atoms with Crippen LogP contribution in [0.25, 0.3) is 0 Å². The number of nitrogens with one attached hydrogen (secondary N) is 2. The lowest BCUT2D eigenvalue weighted by Gasteiger charge is -2.09. The summed E-state index contributed by atoms with van der Waals surface area (Å²) in [7, 11) is 0. The number of unbranched alkanes of at least 4 members (excludes halogenated alkanes) is 1. The summed E-state index contributed by atoms with van der Waals surface area (Å²) in [5.74, 6) is 2.02. The molecule has 1 aromatic heterocycles. The van der Waals surface area contributed by atoms with Crippen molar-refractivity contribution in [1.82, 2.24) is 15.8 Å². The third-order valence-corrected chi connectivity index (χ3v) is 2.73. The summed E-state index contributed by atoms with van der Waals surface area (Å²) >= 11 is 0. The summed E-state index contributed by atoms with van der Waals surface area (Å²) in [5, 5.41) is 10.5. The summed E-state index contributed by atoms with van der Waals surface area (Å²) in [5.41, 5.74) is 0.981. The molecule has 0 spiro atoms. The van der Waals surface area contributed by atoms with Gasteiger partial charge in [0.15, 0.2) is 11.7 Å². The molecular weight excluding hydrogens is 367 g/mol. The monoisotopic (exact) mass is 394 g/mol. The average Bonchev–Trinajstić information content (AvgIpc) is 2.85. The predicted octanol–water partition coefficient (Wildman–Crippen LogP) is 3.27. The average molecular weight is 394 g/mol. The van der Waals surface area contributed by atoms with Gasteiger partial charge in [0.25, 0.3) is 0 Å². The maximum atomic E-state index is 5.27. The molecule has 0 atom stereocenters. The lowest BCUT2D eigenvalue weighted by Crippen LogP contribution is -2.37. The third kappa shape index (κ3) is 7.12. The Labute approximate surface area is 139 Å². The van der Waals surface area contributed by atoms with E-state index in [1.807, 2.05) is 6.07 Å². The zero-order valence-electron chi connectivity index (χ0n) is 12.9. The number of hydrogen-bond donors (Lipinski definition) is 2. The number of aliphatic imine (C=N–C) groups is 1. The molecule has 0 amide bonds. The Hall–Kier alpha value is -0.790. The van der Waals surface area contributed by atoms with Crippen molar-refractivity contribution in [2.75, 3.05) is 13.1 Å². The van der Waals surface area contributed by atoms with E-state index < -0.39 is 0 Å². The number of hydrogen-bond acceptors (Lipinski definition) is 3. The number of halogens is 1. The molecule has 5 nitrogen and oxygen atoms in total. The molecule has 1 heterocycles. The molecule has 6 heteroatoms. The zero-order valence-corrected chi connectivity index (χ0v) is 15.2. The highest BCUT2D eigenvalue weighted by Crippen LogP contribution is 2.14. The summed E-state index contributed by atoms with van der Waals surface area (Å²) in [6.45, 7) is 10.7. The Balaban J connectivity index is 0.00000361. The molecule has 1 aromatic rings.